The number of hydrogen-bond donors (Lipinski definition) is 1. The molecule has 2 aliphatic heterocycles. The molecule has 0 bridgehead atoms. The van der Waals surface area contributed by atoms with E-state index < -0.39 is 17.1 Å². The Hall–Kier alpha value is -1.59. The van der Waals surface area contributed by atoms with E-state index in [0.717, 1.165) is 12.8 Å². The van der Waals surface area contributed by atoms with E-state index in [4.69, 9.17) is 4.74 Å². The van der Waals surface area contributed by atoms with Gasteiger partial charge < -0.3 is 15.0 Å². The molecule has 0 radical (unpaired) electrons. The fraction of sp³-hybridized carbons (Fsp3) is 0.824. The van der Waals surface area contributed by atoms with Crippen LogP contribution >= 0.6 is 0 Å². The summed E-state index contributed by atoms with van der Waals surface area (Å²) in [6.45, 7) is 8.25. The standard InChI is InChI=1S/C17H28N2O4/c1-16(2,3)23-15(22)17(4)9-10-19(11-17)14(21)12-7-5-6-8-13(20)18-12/h12H,5-11H2,1-4H3,(H,18,20)/t12-,17-/m1/s1. The number of amides is 2. The number of nitrogens with one attached hydrogen (secondary N) is 1. The van der Waals surface area contributed by atoms with E-state index in [-0.39, 0.29) is 17.8 Å². The van der Waals surface area contributed by atoms with Crippen LogP contribution in [0.2, 0.25) is 0 Å². The maximum atomic E-state index is 12.7. The quantitative estimate of drug-likeness (QED) is 0.783. The van der Waals surface area contributed by atoms with Crippen LogP contribution in [0, 0.1) is 5.41 Å². The average molecular weight is 324 g/mol. The summed E-state index contributed by atoms with van der Waals surface area (Å²) in [4.78, 5) is 38.4. The van der Waals surface area contributed by atoms with Crippen LogP contribution in [0.5, 0.6) is 0 Å². The van der Waals surface area contributed by atoms with Crippen molar-refractivity contribution in [2.75, 3.05) is 13.1 Å². The predicted octanol–water partition coefficient (Wildman–Crippen LogP) is 1.63. The lowest BCUT2D eigenvalue weighted by molar-refractivity contribution is -0.166. The van der Waals surface area contributed by atoms with Crippen LogP contribution in [-0.2, 0) is 19.1 Å². The second-order valence-corrected chi connectivity index (χ2v) is 7.94. The van der Waals surface area contributed by atoms with Gasteiger partial charge in [-0.15, -0.1) is 0 Å². The summed E-state index contributed by atoms with van der Waals surface area (Å²) in [5, 5.41) is 2.80. The van der Waals surface area contributed by atoms with Crippen molar-refractivity contribution in [3.63, 3.8) is 0 Å². The molecular formula is C17H28N2O4. The Morgan fingerprint density at radius 1 is 1.30 bits per heavy atom. The highest BCUT2D eigenvalue weighted by Crippen LogP contribution is 2.33. The van der Waals surface area contributed by atoms with Gasteiger partial charge in [-0.2, -0.15) is 0 Å². The summed E-state index contributed by atoms with van der Waals surface area (Å²) in [6.07, 6.45) is 3.44. The van der Waals surface area contributed by atoms with E-state index in [9.17, 15) is 14.4 Å². The summed E-state index contributed by atoms with van der Waals surface area (Å²) < 4.78 is 5.49. The Balaban J connectivity index is 1.99. The monoisotopic (exact) mass is 324 g/mol. The van der Waals surface area contributed by atoms with Crippen molar-refractivity contribution in [1.82, 2.24) is 10.2 Å². The van der Waals surface area contributed by atoms with Gasteiger partial charge >= 0.3 is 5.97 Å². The third-order valence-corrected chi connectivity index (χ3v) is 4.46. The molecule has 0 saturated carbocycles. The van der Waals surface area contributed by atoms with Gasteiger partial charge in [0, 0.05) is 19.5 Å². The van der Waals surface area contributed by atoms with Crippen LogP contribution < -0.4 is 5.32 Å². The van der Waals surface area contributed by atoms with Crippen LogP contribution in [0.1, 0.15) is 59.8 Å². The molecule has 2 aliphatic rings. The van der Waals surface area contributed by atoms with Crippen LogP contribution in [0.4, 0.5) is 0 Å². The molecular weight excluding hydrogens is 296 g/mol. The van der Waals surface area contributed by atoms with Gasteiger partial charge in [0.1, 0.15) is 11.6 Å². The molecule has 0 unspecified atom stereocenters. The smallest absolute Gasteiger partial charge is 0.314 e. The lowest BCUT2D eigenvalue weighted by Crippen LogP contribution is -2.48. The van der Waals surface area contributed by atoms with Gasteiger partial charge in [0.25, 0.3) is 0 Å². The second-order valence-electron chi connectivity index (χ2n) is 7.94. The van der Waals surface area contributed by atoms with Crippen molar-refractivity contribution in [3.05, 3.63) is 0 Å². The number of likely N-dealkylation sites (tertiary alicyclic amines) is 1. The number of hydrogen-bond acceptors (Lipinski definition) is 4. The molecule has 6 heteroatoms. The van der Waals surface area contributed by atoms with Gasteiger partial charge in [-0.05, 0) is 47.0 Å². The van der Waals surface area contributed by atoms with Crippen molar-refractivity contribution >= 4 is 17.8 Å². The Morgan fingerprint density at radius 3 is 2.65 bits per heavy atom. The Morgan fingerprint density at radius 2 is 2.00 bits per heavy atom. The molecule has 0 spiro atoms. The van der Waals surface area contributed by atoms with Gasteiger partial charge in [-0.1, -0.05) is 6.42 Å². The molecule has 2 heterocycles. The molecule has 0 aromatic rings. The van der Waals surface area contributed by atoms with E-state index in [1.54, 1.807) is 4.90 Å². The average Bonchev–Trinajstić information content (AvgIpc) is 2.70. The van der Waals surface area contributed by atoms with Gasteiger partial charge in [0.05, 0.1) is 5.41 Å². The van der Waals surface area contributed by atoms with Crippen LogP contribution in [0.25, 0.3) is 0 Å². The van der Waals surface area contributed by atoms with E-state index in [2.05, 4.69) is 5.32 Å². The summed E-state index contributed by atoms with van der Waals surface area (Å²) in [5.74, 6) is -0.396. The molecule has 23 heavy (non-hydrogen) atoms. The van der Waals surface area contributed by atoms with Crippen LogP contribution in [0.3, 0.4) is 0 Å². The minimum Gasteiger partial charge on any atom is -0.459 e. The highest BCUT2D eigenvalue weighted by Gasteiger charge is 2.45. The van der Waals surface area contributed by atoms with Gasteiger partial charge in [-0.3, -0.25) is 14.4 Å². The first-order chi connectivity index (χ1) is 10.6. The van der Waals surface area contributed by atoms with E-state index >= 15 is 0 Å². The van der Waals surface area contributed by atoms with E-state index in [1.807, 2.05) is 27.7 Å². The number of nitrogens with zero attached hydrogens (tertiary/aromatic N) is 1. The van der Waals surface area contributed by atoms with Crippen molar-refractivity contribution in [1.29, 1.82) is 0 Å². The molecule has 2 atom stereocenters. The highest BCUT2D eigenvalue weighted by molar-refractivity contribution is 5.89. The third kappa shape index (κ3) is 4.45. The van der Waals surface area contributed by atoms with Crippen molar-refractivity contribution in [3.8, 4) is 0 Å². The summed E-state index contributed by atoms with van der Waals surface area (Å²) in [5.41, 5.74) is -1.20. The molecule has 0 aromatic heterocycles. The van der Waals surface area contributed by atoms with Crippen molar-refractivity contribution in [2.45, 2.75) is 71.4 Å². The number of esters is 1. The van der Waals surface area contributed by atoms with Crippen molar-refractivity contribution in [2.24, 2.45) is 5.41 Å². The Bertz CT molecular complexity index is 497. The predicted molar refractivity (Wildman–Crippen MR) is 85.5 cm³/mol. The molecule has 2 saturated heterocycles. The van der Waals surface area contributed by atoms with Crippen molar-refractivity contribution < 1.29 is 19.1 Å². The maximum absolute atomic E-state index is 12.7. The van der Waals surface area contributed by atoms with Gasteiger partial charge in [0.2, 0.25) is 11.8 Å². The SMILES string of the molecule is CC(C)(C)OC(=O)[C@]1(C)CCN(C(=O)[C@H]2CCCCC(=O)N2)C1. The minimum atomic E-state index is -0.669. The molecule has 130 valence electrons. The Kier molecular flexibility index (Phi) is 5.01. The zero-order valence-electron chi connectivity index (χ0n) is 14.6. The molecule has 0 aromatic carbocycles. The first kappa shape index (κ1) is 17.8. The topological polar surface area (TPSA) is 75.7 Å². The molecule has 2 fully saturated rings. The first-order valence-corrected chi connectivity index (χ1v) is 8.42. The second kappa shape index (κ2) is 6.49. The number of rotatable bonds is 2. The summed E-state index contributed by atoms with van der Waals surface area (Å²) in [7, 11) is 0. The molecule has 0 aliphatic carbocycles. The van der Waals surface area contributed by atoms with Crippen LogP contribution in [0.15, 0.2) is 0 Å². The number of ether oxygens (including phenoxy) is 1. The maximum Gasteiger partial charge on any atom is 0.314 e. The van der Waals surface area contributed by atoms with E-state index in [1.165, 1.54) is 0 Å². The number of carbonyl (C=O) groups excluding carboxylic acids is 3. The fourth-order valence-corrected chi connectivity index (χ4v) is 3.10. The molecule has 2 rings (SSSR count). The number of carbonyl (C=O) groups is 3. The van der Waals surface area contributed by atoms with Crippen LogP contribution in [-0.4, -0.2) is 47.4 Å². The minimum absolute atomic E-state index is 0.0602. The molecule has 1 N–H and O–H groups in total. The zero-order valence-corrected chi connectivity index (χ0v) is 14.6. The summed E-state index contributed by atoms with van der Waals surface area (Å²) in [6, 6.07) is -0.453. The Labute approximate surface area is 137 Å². The van der Waals surface area contributed by atoms with Gasteiger partial charge in [-0.25, -0.2) is 0 Å². The lowest BCUT2D eigenvalue weighted by atomic mass is 9.90. The van der Waals surface area contributed by atoms with E-state index in [0.29, 0.717) is 32.4 Å². The third-order valence-electron chi connectivity index (χ3n) is 4.46. The lowest BCUT2D eigenvalue weighted by Gasteiger charge is -2.29. The first-order valence-electron chi connectivity index (χ1n) is 8.42. The summed E-state index contributed by atoms with van der Waals surface area (Å²) >= 11 is 0. The highest BCUT2D eigenvalue weighted by atomic mass is 16.6. The molecule has 6 nitrogen and oxygen atoms in total. The fourth-order valence-electron chi connectivity index (χ4n) is 3.10. The normalized spacial score (nSPS) is 29.0. The molecule has 2 amide bonds. The zero-order chi connectivity index (χ0) is 17.3. The largest absolute Gasteiger partial charge is 0.459 e. The van der Waals surface area contributed by atoms with Gasteiger partial charge in [0.15, 0.2) is 0 Å².